The molecule has 0 bridgehead atoms. The van der Waals surface area contributed by atoms with Gasteiger partial charge in [-0.05, 0) is 24.7 Å². The molecular weight excluding hydrogens is 174 g/mol. The second-order valence-corrected chi connectivity index (χ2v) is 5.12. The molecule has 14 heavy (non-hydrogen) atoms. The average molecular weight is 191 g/mol. The lowest BCUT2D eigenvalue weighted by molar-refractivity contribution is -0.133. The van der Waals surface area contributed by atoms with Gasteiger partial charge in [-0.25, -0.2) is 0 Å². The smallest absolute Gasteiger partial charge is 0.136 e. The molecule has 2 aliphatic carbocycles. The minimum atomic E-state index is -0.253. The Morgan fingerprint density at radius 1 is 1.29 bits per heavy atom. The first kappa shape index (κ1) is 9.71. The molecule has 0 aromatic rings. The average Bonchev–Trinajstić information content (AvgIpc) is 2.14. The summed E-state index contributed by atoms with van der Waals surface area (Å²) in [4.78, 5) is 11.0. The van der Waals surface area contributed by atoms with E-state index < -0.39 is 0 Å². The van der Waals surface area contributed by atoms with E-state index in [-0.39, 0.29) is 11.2 Å². The maximum atomic E-state index is 11.0. The van der Waals surface area contributed by atoms with Crippen LogP contribution in [0.2, 0.25) is 0 Å². The molecule has 0 saturated heterocycles. The molecule has 0 aliphatic heterocycles. The van der Waals surface area contributed by atoms with Crippen molar-refractivity contribution in [3.8, 4) is 6.07 Å². The summed E-state index contributed by atoms with van der Waals surface area (Å²) >= 11 is 0. The van der Waals surface area contributed by atoms with Crippen LogP contribution in [0.4, 0.5) is 0 Å². The second kappa shape index (κ2) is 3.38. The van der Waals surface area contributed by atoms with E-state index in [9.17, 15) is 10.1 Å². The van der Waals surface area contributed by atoms with E-state index in [4.69, 9.17) is 0 Å². The molecule has 2 heteroatoms. The van der Waals surface area contributed by atoms with Gasteiger partial charge >= 0.3 is 0 Å². The van der Waals surface area contributed by atoms with Crippen LogP contribution in [0, 0.1) is 28.6 Å². The van der Waals surface area contributed by atoms with Crippen LogP contribution in [-0.2, 0) is 4.79 Å². The van der Waals surface area contributed by atoms with Gasteiger partial charge in [0.2, 0.25) is 0 Å². The van der Waals surface area contributed by atoms with Crippen molar-refractivity contribution < 1.29 is 4.79 Å². The predicted molar refractivity (Wildman–Crippen MR) is 53.4 cm³/mol. The van der Waals surface area contributed by atoms with Crippen molar-refractivity contribution in [3.63, 3.8) is 0 Å². The standard InChI is InChI=1S/C12H17NO/c1-9-2-4-10(5-3-9)12(8-13)6-11(14)7-12/h9-10H,2-7H2,1H3. The van der Waals surface area contributed by atoms with Gasteiger partial charge in [0, 0.05) is 12.8 Å². The monoisotopic (exact) mass is 191 g/mol. The molecule has 0 aromatic heterocycles. The van der Waals surface area contributed by atoms with Gasteiger partial charge in [0.15, 0.2) is 0 Å². The molecule has 0 unspecified atom stereocenters. The number of nitriles is 1. The van der Waals surface area contributed by atoms with E-state index in [1.807, 2.05) is 0 Å². The fourth-order valence-corrected chi connectivity index (χ4v) is 2.92. The maximum Gasteiger partial charge on any atom is 0.136 e. The van der Waals surface area contributed by atoms with Gasteiger partial charge < -0.3 is 0 Å². The van der Waals surface area contributed by atoms with Crippen LogP contribution in [0.3, 0.4) is 0 Å². The summed E-state index contributed by atoms with van der Waals surface area (Å²) in [5.74, 6) is 1.60. The van der Waals surface area contributed by atoms with Crippen molar-refractivity contribution in [2.45, 2.75) is 45.4 Å². The fourth-order valence-electron chi connectivity index (χ4n) is 2.92. The summed E-state index contributed by atoms with van der Waals surface area (Å²) in [6.45, 7) is 2.28. The summed E-state index contributed by atoms with van der Waals surface area (Å²) < 4.78 is 0. The zero-order valence-electron chi connectivity index (χ0n) is 8.75. The van der Waals surface area contributed by atoms with Gasteiger partial charge in [-0.15, -0.1) is 0 Å². The van der Waals surface area contributed by atoms with Crippen LogP contribution in [0.25, 0.3) is 0 Å². The number of carbonyl (C=O) groups excluding carboxylic acids is 1. The van der Waals surface area contributed by atoms with Gasteiger partial charge in [0.25, 0.3) is 0 Å². The van der Waals surface area contributed by atoms with E-state index in [1.165, 1.54) is 12.8 Å². The quantitative estimate of drug-likeness (QED) is 0.639. The van der Waals surface area contributed by atoms with Gasteiger partial charge in [0.1, 0.15) is 5.78 Å². The van der Waals surface area contributed by atoms with Crippen molar-refractivity contribution >= 4 is 5.78 Å². The third kappa shape index (κ3) is 1.45. The Labute approximate surface area is 85.3 Å². The minimum absolute atomic E-state index is 0.253. The highest BCUT2D eigenvalue weighted by atomic mass is 16.1. The first-order valence-electron chi connectivity index (χ1n) is 5.59. The Morgan fingerprint density at radius 2 is 1.86 bits per heavy atom. The van der Waals surface area contributed by atoms with E-state index >= 15 is 0 Å². The molecular formula is C12H17NO. The van der Waals surface area contributed by atoms with Crippen LogP contribution < -0.4 is 0 Å². The largest absolute Gasteiger partial charge is 0.300 e. The Kier molecular flexibility index (Phi) is 2.34. The highest BCUT2D eigenvalue weighted by Crippen LogP contribution is 2.50. The molecule has 2 nitrogen and oxygen atoms in total. The summed E-state index contributed by atoms with van der Waals surface area (Å²) in [6.07, 6.45) is 5.85. The number of rotatable bonds is 1. The van der Waals surface area contributed by atoms with E-state index in [2.05, 4.69) is 13.0 Å². The summed E-state index contributed by atoms with van der Waals surface area (Å²) in [6, 6.07) is 2.41. The van der Waals surface area contributed by atoms with Crippen LogP contribution >= 0.6 is 0 Å². The maximum absolute atomic E-state index is 11.0. The minimum Gasteiger partial charge on any atom is -0.300 e. The number of ketones is 1. The molecule has 76 valence electrons. The molecule has 0 heterocycles. The molecule has 0 radical (unpaired) electrons. The van der Waals surface area contributed by atoms with Gasteiger partial charge in [0.05, 0.1) is 11.5 Å². The Balaban J connectivity index is 2.01. The summed E-state index contributed by atoms with van der Waals surface area (Å²) in [5, 5.41) is 9.17. The molecule has 2 saturated carbocycles. The first-order chi connectivity index (χ1) is 6.66. The third-order valence-electron chi connectivity index (χ3n) is 4.05. The summed E-state index contributed by atoms with van der Waals surface area (Å²) in [5.41, 5.74) is -0.253. The third-order valence-corrected chi connectivity index (χ3v) is 4.05. The van der Waals surface area contributed by atoms with E-state index in [0.717, 1.165) is 18.8 Å². The van der Waals surface area contributed by atoms with Gasteiger partial charge in [-0.1, -0.05) is 19.8 Å². The number of carbonyl (C=O) groups is 1. The Bertz CT molecular complexity index is 273. The van der Waals surface area contributed by atoms with Crippen LogP contribution in [0.5, 0.6) is 0 Å². The molecule has 2 rings (SSSR count). The van der Waals surface area contributed by atoms with Crippen LogP contribution in [0.15, 0.2) is 0 Å². The van der Waals surface area contributed by atoms with Crippen molar-refractivity contribution in [2.24, 2.45) is 17.3 Å². The molecule has 0 atom stereocenters. The molecule has 0 spiro atoms. The molecule has 0 aromatic carbocycles. The lowest BCUT2D eigenvalue weighted by atomic mass is 9.57. The van der Waals surface area contributed by atoms with Crippen molar-refractivity contribution in [1.29, 1.82) is 5.26 Å². The SMILES string of the molecule is CC1CCC(C2(C#N)CC(=O)C2)CC1. The highest BCUT2D eigenvalue weighted by molar-refractivity contribution is 5.87. The second-order valence-electron chi connectivity index (χ2n) is 5.12. The topological polar surface area (TPSA) is 40.9 Å². The van der Waals surface area contributed by atoms with Crippen molar-refractivity contribution in [3.05, 3.63) is 0 Å². The lowest BCUT2D eigenvalue weighted by Gasteiger charge is -2.43. The fraction of sp³-hybridized carbons (Fsp3) is 0.833. The number of hydrogen-bond acceptors (Lipinski definition) is 2. The van der Waals surface area contributed by atoms with Gasteiger partial charge in [-0.3, -0.25) is 4.79 Å². The lowest BCUT2D eigenvalue weighted by Crippen LogP contribution is -2.43. The van der Waals surface area contributed by atoms with Crippen molar-refractivity contribution in [1.82, 2.24) is 0 Å². The number of Topliss-reactive ketones (excluding diaryl/α,β-unsaturated/α-hetero) is 1. The zero-order valence-corrected chi connectivity index (χ0v) is 8.75. The predicted octanol–water partition coefficient (Wildman–Crippen LogP) is 2.69. The van der Waals surface area contributed by atoms with Crippen LogP contribution in [0.1, 0.15) is 45.4 Å². The number of nitrogens with zero attached hydrogens (tertiary/aromatic N) is 1. The summed E-state index contributed by atoms with van der Waals surface area (Å²) in [7, 11) is 0. The Morgan fingerprint density at radius 3 is 2.29 bits per heavy atom. The molecule has 0 amide bonds. The molecule has 0 N–H and O–H groups in total. The molecule has 2 fully saturated rings. The molecule has 2 aliphatic rings. The zero-order chi connectivity index (χ0) is 10.2. The first-order valence-corrected chi connectivity index (χ1v) is 5.59. The highest BCUT2D eigenvalue weighted by Gasteiger charge is 2.50. The van der Waals surface area contributed by atoms with E-state index in [1.54, 1.807) is 0 Å². The normalized spacial score (nSPS) is 35.9. The van der Waals surface area contributed by atoms with E-state index in [0.29, 0.717) is 18.8 Å². The van der Waals surface area contributed by atoms with Crippen molar-refractivity contribution in [2.75, 3.05) is 0 Å². The number of hydrogen-bond donors (Lipinski definition) is 0. The Hall–Kier alpha value is -0.840. The van der Waals surface area contributed by atoms with Gasteiger partial charge in [-0.2, -0.15) is 5.26 Å². The van der Waals surface area contributed by atoms with Crippen LogP contribution in [-0.4, -0.2) is 5.78 Å².